The predicted octanol–water partition coefficient (Wildman–Crippen LogP) is 1.69. The summed E-state index contributed by atoms with van der Waals surface area (Å²) in [5.41, 5.74) is 2.44. The fraction of sp³-hybridized carbons (Fsp3) is 0.400. The third-order valence-corrected chi connectivity index (χ3v) is 3.42. The minimum absolute atomic E-state index is 0.0295. The van der Waals surface area contributed by atoms with E-state index in [1.165, 1.54) is 6.21 Å². The molecule has 2 aromatic heterocycles. The van der Waals surface area contributed by atoms with Crippen LogP contribution in [0.25, 0.3) is 11.2 Å². The molecule has 8 heteroatoms. The van der Waals surface area contributed by atoms with Crippen molar-refractivity contribution < 1.29 is 0 Å². The van der Waals surface area contributed by atoms with Crippen molar-refractivity contribution >= 4 is 17.4 Å². The molecular formula is C15H19N7O. The molecule has 1 saturated carbocycles. The van der Waals surface area contributed by atoms with Crippen molar-refractivity contribution in [3.05, 3.63) is 28.3 Å². The van der Waals surface area contributed by atoms with E-state index in [-0.39, 0.29) is 11.7 Å². The van der Waals surface area contributed by atoms with Gasteiger partial charge in [0.2, 0.25) is 0 Å². The van der Waals surface area contributed by atoms with Gasteiger partial charge in [-0.2, -0.15) is 5.10 Å². The van der Waals surface area contributed by atoms with Crippen molar-refractivity contribution in [2.75, 3.05) is 0 Å². The molecule has 0 unspecified atom stereocenters. The molecule has 8 nitrogen and oxygen atoms in total. The molecule has 1 aliphatic carbocycles. The lowest BCUT2D eigenvalue weighted by Crippen LogP contribution is -2.25. The number of rotatable bonds is 3. The van der Waals surface area contributed by atoms with Gasteiger partial charge < -0.3 is 5.84 Å². The molecule has 0 saturated heterocycles. The number of nitriles is 2. The molecule has 23 heavy (non-hydrogen) atoms. The fourth-order valence-corrected chi connectivity index (χ4v) is 2.45. The van der Waals surface area contributed by atoms with Gasteiger partial charge in [0, 0.05) is 37.0 Å². The standard InChI is InChI=1S/C13H17N5O.2CHN/c1-8(2)17-11-5-9(7-16-14)6-15-12(11)18(13(17)19)10-3-4-10;2*1-2/h5-8,10H,3-4,14H2,1-2H3;2*1H. The zero-order chi connectivity index (χ0) is 17.6. The van der Waals surface area contributed by atoms with E-state index in [2.05, 4.69) is 23.2 Å². The van der Waals surface area contributed by atoms with Crippen molar-refractivity contribution in [3.8, 4) is 13.1 Å². The Morgan fingerprint density at radius 1 is 1.39 bits per heavy atom. The topological polar surface area (TPSA) is 126 Å². The molecule has 0 radical (unpaired) electrons. The van der Waals surface area contributed by atoms with Gasteiger partial charge in [-0.25, -0.2) is 20.3 Å². The van der Waals surface area contributed by atoms with E-state index in [1.54, 1.807) is 10.8 Å². The second-order valence-electron chi connectivity index (χ2n) is 5.24. The maximum absolute atomic E-state index is 12.5. The lowest BCUT2D eigenvalue weighted by atomic mass is 10.2. The van der Waals surface area contributed by atoms with Crippen LogP contribution in [0.2, 0.25) is 0 Å². The van der Waals surface area contributed by atoms with Gasteiger partial charge in [-0.3, -0.25) is 9.13 Å². The van der Waals surface area contributed by atoms with Gasteiger partial charge in [-0.05, 0) is 32.8 Å². The summed E-state index contributed by atoms with van der Waals surface area (Å²) in [4.78, 5) is 16.9. The number of imidazole rings is 1. The normalized spacial score (nSPS) is 13.3. The summed E-state index contributed by atoms with van der Waals surface area (Å²) in [7, 11) is 0. The quantitative estimate of drug-likeness (QED) is 0.524. The van der Waals surface area contributed by atoms with Crippen molar-refractivity contribution in [3.63, 3.8) is 0 Å². The Morgan fingerprint density at radius 2 is 2.00 bits per heavy atom. The van der Waals surface area contributed by atoms with E-state index in [1.807, 2.05) is 24.5 Å². The van der Waals surface area contributed by atoms with Gasteiger partial charge in [-0.1, -0.05) is 0 Å². The summed E-state index contributed by atoms with van der Waals surface area (Å²) in [6.07, 6.45) is 5.35. The molecule has 0 atom stereocenters. The molecular weight excluding hydrogens is 294 g/mol. The zero-order valence-corrected chi connectivity index (χ0v) is 13.1. The third-order valence-electron chi connectivity index (χ3n) is 3.42. The Hall–Kier alpha value is -3.13. The first-order chi connectivity index (χ1) is 11.1. The Morgan fingerprint density at radius 3 is 2.48 bits per heavy atom. The number of pyridine rings is 1. The number of hydrazone groups is 1. The average molecular weight is 313 g/mol. The van der Waals surface area contributed by atoms with Crippen LogP contribution in [0.1, 0.15) is 44.3 Å². The third kappa shape index (κ3) is 3.38. The van der Waals surface area contributed by atoms with Crippen LogP contribution in [0.5, 0.6) is 0 Å². The van der Waals surface area contributed by atoms with Crippen molar-refractivity contribution in [1.82, 2.24) is 14.1 Å². The maximum Gasteiger partial charge on any atom is 0.330 e. The predicted molar refractivity (Wildman–Crippen MR) is 87.8 cm³/mol. The number of fused-ring (bicyclic) bond motifs is 1. The second kappa shape index (κ2) is 7.76. The van der Waals surface area contributed by atoms with E-state index < -0.39 is 0 Å². The van der Waals surface area contributed by atoms with Gasteiger partial charge in [0.25, 0.3) is 0 Å². The van der Waals surface area contributed by atoms with Crippen molar-refractivity contribution in [1.29, 1.82) is 10.5 Å². The molecule has 2 N–H and O–H groups in total. The summed E-state index contributed by atoms with van der Waals surface area (Å²) in [6, 6.07) is 2.33. The van der Waals surface area contributed by atoms with Gasteiger partial charge in [0.05, 0.1) is 11.7 Å². The molecule has 1 fully saturated rings. The molecule has 0 spiro atoms. The summed E-state index contributed by atoms with van der Waals surface area (Å²) >= 11 is 0. The summed E-state index contributed by atoms with van der Waals surface area (Å²) in [5.74, 6) is 5.16. The van der Waals surface area contributed by atoms with E-state index in [4.69, 9.17) is 16.4 Å². The SMILES string of the molecule is C#N.C#N.CC(C)n1c(=O)n(C2CC2)c2ncc(C=NN)cc21. The molecule has 1 aliphatic rings. The number of hydrogen-bond donors (Lipinski definition) is 1. The lowest BCUT2D eigenvalue weighted by molar-refractivity contribution is 0.568. The monoisotopic (exact) mass is 313 g/mol. The van der Waals surface area contributed by atoms with Crippen LogP contribution in [0.15, 0.2) is 22.2 Å². The summed E-state index contributed by atoms with van der Waals surface area (Å²) in [6.45, 7) is 11.0. The first kappa shape index (κ1) is 17.9. The number of aromatic nitrogens is 3. The van der Waals surface area contributed by atoms with Crippen LogP contribution >= 0.6 is 0 Å². The van der Waals surface area contributed by atoms with Gasteiger partial charge in [-0.15, -0.1) is 0 Å². The summed E-state index contributed by atoms with van der Waals surface area (Å²) in [5, 5.41) is 16.5. The summed E-state index contributed by atoms with van der Waals surface area (Å²) < 4.78 is 3.60. The van der Waals surface area contributed by atoms with Gasteiger partial charge >= 0.3 is 5.69 Å². The average Bonchev–Trinajstić information content (AvgIpc) is 3.34. The highest BCUT2D eigenvalue weighted by atomic mass is 16.2. The van der Waals surface area contributed by atoms with E-state index in [9.17, 15) is 4.79 Å². The Labute approximate surface area is 134 Å². The van der Waals surface area contributed by atoms with E-state index in [0.29, 0.717) is 6.04 Å². The molecule has 2 heterocycles. The van der Waals surface area contributed by atoms with E-state index >= 15 is 0 Å². The van der Waals surface area contributed by atoms with Crippen LogP contribution in [-0.4, -0.2) is 20.3 Å². The molecule has 0 amide bonds. The maximum atomic E-state index is 12.5. The van der Waals surface area contributed by atoms with Crippen LogP contribution in [0, 0.1) is 23.7 Å². The molecule has 120 valence electrons. The first-order valence-electron chi connectivity index (χ1n) is 7.01. The molecule has 0 aromatic carbocycles. The molecule has 2 aromatic rings. The lowest BCUT2D eigenvalue weighted by Gasteiger charge is -2.06. The second-order valence-corrected chi connectivity index (χ2v) is 5.24. The van der Waals surface area contributed by atoms with Gasteiger partial charge in [0.1, 0.15) is 0 Å². The van der Waals surface area contributed by atoms with Crippen LogP contribution in [-0.2, 0) is 0 Å². The minimum Gasteiger partial charge on any atom is -0.323 e. The Balaban J connectivity index is 0.000000615. The van der Waals surface area contributed by atoms with E-state index in [0.717, 1.165) is 29.6 Å². The van der Waals surface area contributed by atoms with Crippen LogP contribution < -0.4 is 11.5 Å². The van der Waals surface area contributed by atoms with Crippen LogP contribution in [0.4, 0.5) is 0 Å². The molecule has 0 bridgehead atoms. The van der Waals surface area contributed by atoms with Crippen molar-refractivity contribution in [2.24, 2.45) is 10.9 Å². The highest BCUT2D eigenvalue weighted by Gasteiger charge is 2.30. The van der Waals surface area contributed by atoms with Crippen LogP contribution in [0.3, 0.4) is 0 Å². The number of nitrogens with zero attached hydrogens (tertiary/aromatic N) is 6. The fourth-order valence-electron chi connectivity index (χ4n) is 2.45. The molecule has 0 aliphatic heterocycles. The zero-order valence-electron chi connectivity index (χ0n) is 13.1. The highest BCUT2D eigenvalue weighted by Crippen LogP contribution is 2.36. The Kier molecular flexibility index (Phi) is 6.04. The smallest absolute Gasteiger partial charge is 0.323 e. The van der Waals surface area contributed by atoms with Gasteiger partial charge in [0.15, 0.2) is 5.65 Å². The molecule has 3 rings (SSSR count). The Bertz CT molecular complexity index is 784. The number of nitrogens with two attached hydrogens (primary N) is 1. The number of hydrogen-bond acceptors (Lipinski definition) is 6. The van der Waals surface area contributed by atoms with Crippen molar-refractivity contribution in [2.45, 2.75) is 38.8 Å². The first-order valence-corrected chi connectivity index (χ1v) is 7.01. The highest BCUT2D eigenvalue weighted by molar-refractivity contribution is 5.85. The largest absolute Gasteiger partial charge is 0.330 e. The minimum atomic E-state index is 0.0295.